The number of rotatable bonds is 4. The molecule has 0 saturated carbocycles. The van der Waals surface area contributed by atoms with Crippen molar-refractivity contribution in [2.24, 2.45) is 0 Å². The second-order valence-corrected chi connectivity index (χ2v) is 4.17. The van der Waals surface area contributed by atoms with Gasteiger partial charge in [-0.05, 0) is 25.1 Å². The van der Waals surface area contributed by atoms with Gasteiger partial charge in [-0.25, -0.2) is 9.97 Å². The van der Waals surface area contributed by atoms with Crippen molar-refractivity contribution >= 4 is 23.5 Å². The number of hydrogen-bond donors (Lipinski definition) is 1. The SMILES string of the molecule is Cc1cc(Cl)nc(NC(=O)CCc2ccco2)n1. The Morgan fingerprint density at radius 2 is 2.33 bits per heavy atom. The molecule has 0 spiro atoms. The zero-order valence-corrected chi connectivity index (χ0v) is 10.6. The lowest BCUT2D eigenvalue weighted by Gasteiger charge is -2.04. The standard InChI is InChI=1S/C12H12ClN3O2/c1-8-7-10(13)15-12(14-8)16-11(17)5-4-9-3-2-6-18-9/h2-3,6-7H,4-5H2,1H3,(H,14,15,16,17). The van der Waals surface area contributed by atoms with Crippen LogP contribution in [-0.4, -0.2) is 15.9 Å². The largest absolute Gasteiger partial charge is 0.469 e. The van der Waals surface area contributed by atoms with Gasteiger partial charge in [0.2, 0.25) is 11.9 Å². The van der Waals surface area contributed by atoms with Crippen LogP contribution in [0, 0.1) is 6.92 Å². The summed E-state index contributed by atoms with van der Waals surface area (Å²) in [5, 5.41) is 2.91. The summed E-state index contributed by atoms with van der Waals surface area (Å²) < 4.78 is 5.14. The maximum Gasteiger partial charge on any atom is 0.231 e. The van der Waals surface area contributed by atoms with Gasteiger partial charge in [0, 0.05) is 18.5 Å². The first-order valence-corrected chi connectivity index (χ1v) is 5.85. The fraction of sp³-hybridized carbons (Fsp3) is 0.250. The number of carbonyl (C=O) groups excluding carboxylic acids is 1. The minimum Gasteiger partial charge on any atom is -0.469 e. The van der Waals surface area contributed by atoms with Crippen molar-refractivity contribution in [2.45, 2.75) is 19.8 Å². The molecule has 0 unspecified atom stereocenters. The number of halogens is 1. The predicted octanol–water partition coefficient (Wildman–Crippen LogP) is 2.60. The third-order valence-electron chi connectivity index (χ3n) is 2.25. The molecule has 1 N–H and O–H groups in total. The highest BCUT2D eigenvalue weighted by molar-refractivity contribution is 6.29. The van der Waals surface area contributed by atoms with Crippen LogP contribution in [0.5, 0.6) is 0 Å². The van der Waals surface area contributed by atoms with Crippen LogP contribution >= 0.6 is 11.6 Å². The average molecular weight is 266 g/mol. The van der Waals surface area contributed by atoms with Gasteiger partial charge in [-0.1, -0.05) is 11.6 Å². The summed E-state index contributed by atoms with van der Waals surface area (Å²) in [4.78, 5) is 19.6. The third kappa shape index (κ3) is 3.56. The lowest BCUT2D eigenvalue weighted by atomic mass is 10.2. The Balaban J connectivity index is 1.90. The number of anilines is 1. The number of nitrogens with zero attached hydrogens (tertiary/aromatic N) is 2. The molecular weight excluding hydrogens is 254 g/mol. The van der Waals surface area contributed by atoms with E-state index in [9.17, 15) is 4.79 Å². The van der Waals surface area contributed by atoms with Crippen LogP contribution in [-0.2, 0) is 11.2 Å². The molecule has 0 radical (unpaired) electrons. The monoisotopic (exact) mass is 265 g/mol. The van der Waals surface area contributed by atoms with Crippen LogP contribution in [0.1, 0.15) is 17.9 Å². The van der Waals surface area contributed by atoms with Gasteiger partial charge in [0.25, 0.3) is 0 Å². The van der Waals surface area contributed by atoms with E-state index in [1.807, 2.05) is 6.07 Å². The first-order chi connectivity index (χ1) is 8.63. The van der Waals surface area contributed by atoms with Crippen molar-refractivity contribution in [2.75, 3.05) is 5.32 Å². The van der Waals surface area contributed by atoms with Crippen molar-refractivity contribution in [3.8, 4) is 0 Å². The number of hydrogen-bond acceptors (Lipinski definition) is 4. The molecule has 2 heterocycles. The molecule has 0 aliphatic rings. The van der Waals surface area contributed by atoms with Gasteiger partial charge < -0.3 is 4.42 Å². The molecular formula is C12H12ClN3O2. The zero-order valence-electron chi connectivity index (χ0n) is 9.81. The van der Waals surface area contributed by atoms with E-state index in [-0.39, 0.29) is 11.9 Å². The Hall–Kier alpha value is -1.88. The topological polar surface area (TPSA) is 68.0 Å². The molecule has 0 atom stereocenters. The van der Waals surface area contributed by atoms with Gasteiger partial charge in [-0.3, -0.25) is 10.1 Å². The minimum atomic E-state index is -0.173. The Morgan fingerprint density at radius 3 is 3.00 bits per heavy atom. The molecule has 2 aromatic rings. The lowest BCUT2D eigenvalue weighted by Crippen LogP contribution is -2.14. The van der Waals surface area contributed by atoms with Crippen LogP contribution in [0.25, 0.3) is 0 Å². The minimum absolute atomic E-state index is 0.173. The highest BCUT2D eigenvalue weighted by atomic mass is 35.5. The number of aromatic nitrogens is 2. The van der Waals surface area contributed by atoms with Crippen molar-refractivity contribution < 1.29 is 9.21 Å². The molecule has 5 nitrogen and oxygen atoms in total. The normalized spacial score (nSPS) is 10.3. The van der Waals surface area contributed by atoms with Crippen LogP contribution in [0.2, 0.25) is 5.15 Å². The van der Waals surface area contributed by atoms with E-state index >= 15 is 0 Å². The fourth-order valence-corrected chi connectivity index (χ4v) is 1.70. The molecule has 94 valence electrons. The van der Waals surface area contributed by atoms with Crippen LogP contribution in [0.3, 0.4) is 0 Å². The van der Waals surface area contributed by atoms with E-state index < -0.39 is 0 Å². The highest BCUT2D eigenvalue weighted by Gasteiger charge is 2.07. The first kappa shape index (κ1) is 12.6. The second-order valence-electron chi connectivity index (χ2n) is 3.78. The molecule has 0 bridgehead atoms. The first-order valence-electron chi connectivity index (χ1n) is 5.47. The van der Waals surface area contributed by atoms with Gasteiger partial charge in [0.1, 0.15) is 10.9 Å². The summed E-state index contributed by atoms with van der Waals surface area (Å²) in [6.07, 6.45) is 2.43. The smallest absolute Gasteiger partial charge is 0.231 e. The molecule has 18 heavy (non-hydrogen) atoms. The van der Waals surface area contributed by atoms with Gasteiger partial charge in [-0.2, -0.15) is 0 Å². The van der Waals surface area contributed by atoms with E-state index in [0.29, 0.717) is 23.7 Å². The summed E-state index contributed by atoms with van der Waals surface area (Å²) in [6.45, 7) is 1.78. The molecule has 2 aromatic heterocycles. The summed E-state index contributed by atoms with van der Waals surface area (Å²) in [6, 6.07) is 5.24. The van der Waals surface area contributed by atoms with Gasteiger partial charge in [-0.15, -0.1) is 0 Å². The summed E-state index contributed by atoms with van der Waals surface area (Å²) in [5.74, 6) is 0.825. The number of nitrogens with one attached hydrogen (secondary N) is 1. The molecule has 0 aliphatic heterocycles. The number of furan rings is 1. The Bertz CT molecular complexity index is 520. The summed E-state index contributed by atoms with van der Waals surface area (Å²) >= 11 is 5.77. The molecule has 0 fully saturated rings. The van der Waals surface area contributed by atoms with E-state index in [1.165, 1.54) is 0 Å². The molecule has 0 saturated heterocycles. The third-order valence-corrected chi connectivity index (χ3v) is 2.45. The second kappa shape index (κ2) is 5.64. The van der Waals surface area contributed by atoms with Gasteiger partial charge in [0.05, 0.1) is 6.26 Å². The Labute approximate surface area is 109 Å². The van der Waals surface area contributed by atoms with Crippen LogP contribution in [0.4, 0.5) is 5.95 Å². The maximum atomic E-state index is 11.7. The maximum absolute atomic E-state index is 11.7. The average Bonchev–Trinajstić information content (AvgIpc) is 2.77. The van der Waals surface area contributed by atoms with Crippen molar-refractivity contribution in [1.82, 2.24) is 9.97 Å². The van der Waals surface area contributed by atoms with Gasteiger partial charge in [0.15, 0.2) is 0 Å². The molecule has 0 aliphatic carbocycles. The predicted molar refractivity (Wildman–Crippen MR) is 67.4 cm³/mol. The quantitative estimate of drug-likeness (QED) is 0.863. The lowest BCUT2D eigenvalue weighted by molar-refractivity contribution is -0.116. The Kier molecular flexibility index (Phi) is 3.94. The van der Waals surface area contributed by atoms with Crippen LogP contribution < -0.4 is 5.32 Å². The molecule has 1 amide bonds. The highest BCUT2D eigenvalue weighted by Crippen LogP contribution is 2.10. The van der Waals surface area contributed by atoms with Crippen LogP contribution in [0.15, 0.2) is 28.9 Å². The van der Waals surface area contributed by atoms with E-state index in [0.717, 1.165) is 5.76 Å². The summed E-state index contributed by atoms with van der Waals surface area (Å²) in [7, 11) is 0. The Morgan fingerprint density at radius 1 is 1.50 bits per heavy atom. The fourth-order valence-electron chi connectivity index (χ4n) is 1.46. The van der Waals surface area contributed by atoms with Crippen molar-refractivity contribution in [3.63, 3.8) is 0 Å². The van der Waals surface area contributed by atoms with Gasteiger partial charge >= 0.3 is 0 Å². The molecule has 6 heteroatoms. The summed E-state index contributed by atoms with van der Waals surface area (Å²) in [5.41, 5.74) is 0.705. The molecule has 2 rings (SSSR count). The van der Waals surface area contributed by atoms with E-state index in [4.69, 9.17) is 16.0 Å². The molecule has 0 aromatic carbocycles. The van der Waals surface area contributed by atoms with E-state index in [2.05, 4.69) is 15.3 Å². The number of aryl methyl sites for hydroxylation is 2. The van der Waals surface area contributed by atoms with E-state index in [1.54, 1.807) is 25.3 Å². The number of carbonyl (C=O) groups is 1. The zero-order chi connectivity index (χ0) is 13.0. The van der Waals surface area contributed by atoms with Crippen molar-refractivity contribution in [1.29, 1.82) is 0 Å². The van der Waals surface area contributed by atoms with Crippen molar-refractivity contribution in [3.05, 3.63) is 41.1 Å². The number of amides is 1.